The number of halogens is 1. The molecule has 4 nitrogen and oxygen atoms in total. The third-order valence-electron chi connectivity index (χ3n) is 2.87. The monoisotopic (exact) mass is 284 g/mol. The molecule has 1 fully saturated rings. The van der Waals surface area contributed by atoms with Crippen molar-refractivity contribution in [2.24, 2.45) is 0 Å². The smallest absolute Gasteiger partial charge is 0.146 e. The van der Waals surface area contributed by atoms with Gasteiger partial charge in [-0.1, -0.05) is 0 Å². The van der Waals surface area contributed by atoms with E-state index >= 15 is 0 Å². The highest BCUT2D eigenvalue weighted by Gasteiger charge is 2.27. The predicted octanol–water partition coefficient (Wildman–Crippen LogP) is 1.77. The van der Waals surface area contributed by atoms with Crippen molar-refractivity contribution in [3.63, 3.8) is 0 Å². The first kappa shape index (κ1) is 11.8. The Labute approximate surface area is 105 Å². The van der Waals surface area contributed by atoms with Crippen LogP contribution in [0.1, 0.15) is 12.8 Å². The maximum Gasteiger partial charge on any atom is 0.146 e. The molecule has 1 atom stereocenters. The maximum atomic E-state index is 4.37. The summed E-state index contributed by atoms with van der Waals surface area (Å²) in [4.78, 5) is 13.0. The number of anilines is 1. The van der Waals surface area contributed by atoms with Crippen molar-refractivity contribution in [1.29, 1.82) is 0 Å². The van der Waals surface area contributed by atoms with E-state index in [1.165, 1.54) is 12.8 Å². The molecule has 0 radical (unpaired) electrons. The fraction of sp³-hybridized carbons (Fsp3) is 0.636. The van der Waals surface area contributed by atoms with E-state index in [-0.39, 0.29) is 0 Å². The number of hydrogen-bond acceptors (Lipinski definition) is 4. The molecule has 1 unspecified atom stereocenters. The summed E-state index contributed by atoms with van der Waals surface area (Å²) in [5.74, 6) is 1.03. The fourth-order valence-electron chi connectivity index (χ4n) is 2.24. The van der Waals surface area contributed by atoms with E-state index in [9.17, 15) is 0 Å². The van der Waals surface area contributed by atoms with Crippen molar-refractivity contribution in [3.05, 3.63) is 17.0 Å². The van der Waals surface area contributed by atoms with Gasteiger partial charge in [0.1, 0.15) is 12.1 Å². The molecule has 0 bridgehead atoms. The van der Waals surface area contributed by atoms with E-state index in [0.717, 1.165) is 23.4 Å². The lowest BCUT2D eigenvalue weighted by Gasteiger charge is -2.28. The fourth-order valence-corrected chi connectivity index (χ4v) is 2.69. The average Bonchev–Trinajstić information content (AvgIpc) is 2.66. The minimum atomic E-state index is 0.571. The summed E-state index contributed by atoms with van der Waals surface area (Å²) >= 11 is 3.52. The number of hydrogen-bond donors (Lipinski definition) is 0. The molecule has 2 rings (SSSR count). The van der Waals surface area contributed by atoms with Gasteiger partial charge in [0, 0.05) is 25.3 Å². The van der Waals surface area contributed by atoms with Crippen molar-refractivity contribution < 1.29 is 0 Å². The first-order valence-corrected chi connectivity index (χ1v) is 6.34. The van der Waals surface area contributed by atoms with Gasteiger partial charge in [0.2, 0.25) is 0 Å². The summed E-state index contributed by atoms with van der Waals surface area (Å²) in [6.07, 6.45) is 5.92. The van der Waals surface area contributed by atoms with Crippen LogP contribution in [-0.4, -0.2) is 48.1 Å². The number of likely N-dealkylation sites (N-methyl/N-ethyl adjacent to an activating group) is 1. The molecule has 2 heterocycles. The lowest BCUT2D eigenvalue weighted by Crippen LogP contribution is -2.38. The van der Waals surface area contributed by atoms with Crippen molar-refractivity contribution in [2.75, 3.05) is 32.1 Å². The summed E-state index contributed by atoms with van der Waals surface area (Å²) in [6.45, 7) is 2.17. The van der Waals surface area contributed by atoms with Crippen LogP contribution in [0.5, 0.6) is 0 Å². The first-order valence-electron chi connectivity index (χ1n) is 5.55. The predicted molar refractivity (Wildman–Crippen MR) is 68.7 cm³/mol. The molecule has 16 heavy (non-hydrogen) atoms. The van der Waals surface area contributed by atoms with E-state index in [0.29, 0.717) is 6.04 Å². The largest absolute Gasteiger partial charge is 0.351 e. The first-order chi connectivity index (χ1) is 7.68. The SMILES string of the molecule is CN(C)CC1CCCN1c1ncncc1Br. The van der Waals surface area contributed by atoms with E-state index in [1.807, 2.05) is 6.20 Å². The number of nitrogens with zero attached hydrogens (tertiary/aromatic N) is 4. The van der Waals surface area contributed by atoms with Crippen molar-refractivity contribution >= 4 is 21.7 Å². The molecule has 0 amide bonds. The number of aromatic nitrogens is 2. The van der Waals surface area contributed by atoms with Crippen molar-refractivity contribution in [2.45, 2.75) is 18.9 Å². The van der Waals surface area contributed by atoms with Gasteiger partial charge >= 0.3 is 0 Å². The maximum absolute atomic E-state index is 4.37. The van der Waals surface area contributed by atoms with Crippen LogP contribution in [0.3, 0.4) is 0 Å². The molecule has 5 heteroatoms. The minimum absolute atomic E-state index is 0.571. The molecule has 0 saturated carbocycles. The molecule has 1 aromatic rings. The van der Waals surface area contributed by atoms with Gasteiger partial charge in [-0.05, 0) is 42.9 Å². The molecule has 0 aliphatic carbocycles. The van der Waals surface area contributed by atoms with Crippen LogP contribution in [0.4, 0.5) is 5.82 Å². The summed E-state index contributed by atoms with van der Waals surface area (Å²) in [5, 5.41) is 0. The highest BCUT2D eigenvalue weighted by Crippen LogP contribution is 2.29. The Balaban J connectivity index is 2.17. The molecule has 0 spiro atoms. The van der Waals surface area contributed by atoms with Crippen LogP contribution >= 0.6 is 15.9 Å². The summed E-state index contributed by atoms with van der Waals surface area (Å²) in [7, 11) is 4.23. The van der Waals surface area contributed by atoms with Gasteiger partial charge in [-0.25, -0.2) is 9.97 Å². The quantitative estimate of drug-likeness (QED) is 0.847. The van der Waals surface area contributed by atoms with Gasteiger partial charge in [-0.2, -0.15) is 0 Å². The standard InChI is InChI=1S/C11H17BrN4/c1-15(2)7-9-4-3-5-16(9)11-10(12)6-13-8-14-11/h6,8-9H,3-5,7H2,1-2H3. The van der Waals surface area contributed by atoms with Gasteiger partial charge < -0.3 is 9.80 Å². The van der Waals surface area contributed by atoms with Crippen LogP contribution in [0.25, 0.3) is 0 Å². The topological polar surface area (TPSA) is 32.3 Å². The van der Waals surface area contributed by atoms with Crippen LogP contribution < -0.4 is 4.90 Å². The third kappa shape index (κ3) is 2.52. The minimum Gasteiger partial charge on any atom is -0.351 e. The lowest BCUT2D eigenvalue weighted by atomic mass is 10.2. The van der Waals surface area contributed by atoms with Gasteiger partial charge in [0.15, 0.2) is 0 Å². The normalized spacial score (nSPS) is 20.8. The Bertz CT molecular complexity index is 356. The Hall–Kier alpha value is -0.680. The van der Waals surface area contributed by atoms with E-state index in [2.05, 4.69) is 49.8 Å². The molecule has 0 N–H and O–H groups in total. The summed E-state index contributed by atoms with van der Waals surface area (Å²) in [6, 6.07) is 0.571. The summed E-state index contributed by atoms with van der Waals surface area (Å²) in [5.41, 5.74) is 0. The zero-order valence-electron chi connectivity index (χ0n) is 9.73. The van der Waals surface area contributed by atoms with Gasteiger partial charge in [0.25, 0.3) is 0 Å². The van der Waals surface area contributed by atoms with Crippen LogP contribution in [0.15, 0.2) is 17.0 Å². The average molecular weight is 285 g/mol. The van der Waals surface area contributed by atoms with E-state index in [4.69, 9.17) is 0 Å². The van der Waals surface area contributed by atoms with Crippen molar-refractivity contribution in [1.82, 2.24) is 14.9 Å². The second-order valence-corrected chi connectivity index (χ2v) is 5.30. The highest BCUT2D eigenvalue weighted by atomic mass is 79.9. The molecule has 1 aromatic heterocycles. The molecule has 1 saturated heterocycles. The Morgan fingerprint density at radius 2 is 2.38 bits per heavy atom. The molecule has 0 aromatic carbocycles. The second kappa shape index (κ2) is 5.10. The molecule has 1 aliphatic rings. The van der Waals surface area contributed by atoms with Crippen LogP contribution in [0, 0.1) is 0 Å². The summed E-state index contributed by atoms with van der Waals surface area (Å²) < 4.78 is 0.987. The molecule has 88 valence electrons. The third-order valence-corrected chi connectivity index (χ3v) is 3.43. The number of rotatable bonds is 3. The molecular weight excluding hydrogens is 268 g/mol. The van der Waals surface area contributed by atoms with Gasteiger partial charge in [-0.3, -0.25) is 0 Å². The van der Waals surface area contributed by atoms with Gasteiger partial charge in [0.05, 0.1) is 4.47 Å². The molecule has 1 aliphatic heterocycles. The van der Waals surface area contributed by atoms with E-state index in [1.54, 1.807) is 6.33 Å². The Morgan fingerprint density at radius 3 is 3.06 bits per heavy atom. The van der Waals surface area contributed by atoms with Crippen molar-refractivity contribution in [3.8, 4) is 0 Å². The van der Waals surface area contributed by atoms with Crippen LogP contribution in [-0.2, 0) is 0 Å². The van der Waals surface area contributed by atoms with Crippen LogP contribution in [0.2, 0.25) is 0 Å². The van der Waals surface area contributed by atoms with E-state index < -0.39 is 0 Å². The zero-order valence-corrected chi connectivity index (χ0v) is 11.3. The highest BCUT2D eigenvalue weighted by molar-refractivity contribution is 9.10. The second-order valence-electron chi connectivity index (χ2n) is 4.45. The van der Waals surface area contributed by atoms with Gasteiger partial charge in [-0.15, -0.1) is 0 Å². The zero-order chi connectivity index (χ0) is 11.5. The Kier molecular flexibility index (Phi) is 3.76. The Morgan fingerprint density at radius 1 is 1.56 bits per heavy atom. The molecular formula is C11H17BrN4. The lowest BCUT2D eigenvalue weighted by molar-refractivity contribution is 0.371.